The predicted molar refractivity (Wildman–Crippen MR) is 93.4 cm³/mol. The summed E-state index contributed by atoms with van der Waals surface area (Å²) in [5.74, 6) is -0.0335. The first-order chi connectivity index (χ1) is 11.7. The SMILES string of the molecule is O=C1CCCCC(C(=O)NCCCN2CCc3ccccc3C2)N1. The number of nitrogens with one attached hydrogen (secondary N) is 2. The fraction of sp³-hybridized carbons (Fsp3) is 0.579. The third kappa shape index (κ3) is 4.57. The lowest BCUT2D eigenvalue weighted by atomic mass is 10.00. The van der Waals surface area contributed by atoms with Crippen molar-refractivity contribution in [2.24, 2.45) is 0 Å². The number of rotatable bonds is 5. The van der Waals surface area contributed by atoms with Crippen LogP contribution in [-0.2, 0) is 22.6 Å². The Morgan fingerprint density at radius 2 is 2.04 bits per heavy atom. The van der Waals surface area contributed by atoms with Gasteiger partial charge in [-0.2, -0.15) is 0 Å². The normalized spacial score (nSPS) is 21.5. The maximum absolute atomic E-state index is 12.2. The molecule has 1 fully saturated rings. The average Bonchev–Trinajstić information content (AvgIpc) is 2.83. The summed E-state index contributed by atoms with van der Waals surface area (Å²) in [6.45, 7) is 3.75. The van der Waals surface area contributed by atoms with Crippen LogP contribution in [0.25, 0.3) is 0 Å². The third-order valence-electron chi connectivity index (χ3n) is 4.96. The number of carbonyl (C=O) groups is 2. The lowest BCUT2D eigenvalue weighted by Crippen LogP contribution is -2.46. The number of fused-ring (bicyclic) bond motifs is 1. The highest BCUT2D eigenvalue weighted by atomic mass is 16.2. The molecule has 3 rings (SSSR count). The van der Waals surface area contributed by atoms with Gasteiger partial charge < -0.3 is 10.6 Å². The summed E-state index contributed by atoms with van der Waals surface area (Å²) in [7, 11) is 0. The Balaban J connectivity index is 1.36. The molecular formula is C19H27N3O2. The second-order valence-corrected chi connectivity index (χ2v) is 6.81. The summed E-state index contributed by atoms with van der Waals surface area (Å²) >= 11 is 0. The molecule has 1 atom stereocenters. The van der Waals surface area contributed by atoms with Crippen LogP contribution >= 0.6 is 0 Å². The van der Waals surface area contributed by atoms with Crippen LogP contribution in [0.1, 0.15) is 43.2 Å². The second kappa shape index (κ2) is 8.29. The minimum Gasteiger partial charge on any atom is -0.354 e. The Kier molecular flexibility index (Phi) is 5.86. The number of nitrogens with zero attached hydrogens (tertiary/aromatic N) is 1. The molecule has 0 spiro atoms. The van der Waals surface area contributed by atoms with E-state index < -0.39 is 0 Å². The molecule has 2 amide bonds. The Bertz CT molecular complexity index is 588. The highest BCUT2D eigenvalue weighted by Crippen LogP contribution is 2.18. The van der Waals surface area contributed by atoms with Gasteiger partial charge in [0.05, 0.1) is 0 Å². The van der Waals surface area contributed by atoms with E-state index in [1.807, 2.05) is 0 Å². The van der Waals surface area contributed by atoms with Gasteiger partial charge in [0.2, 0.25) is 11.8 Å². The molecule has 0 aromatic heterocycles. The summed E-state index contributed by atoms with van der Waals surface area (Å²) < 4.78 is 0. The molecule has 1 aromatic rings. The molecule has 24 heavy (non-hydrogen) atoms. The van der Waals surface area contributed by atoms with Gasteiger partial charge in [-0.15, -0.1) is 0 Å². The van der Waals surface area contributed by atoms with Gasteiger partial charge in [0.25, 0.3) is 0 Å². The lowest BCUT2D eigenvalue weighted by molar-refractivity contribution is -0.128. The average molecular weight is 329 g/mol. The van der Waals surface area contributed by atoms with E-state index in [9.17, 15) is 9.59 Å². The number of benzene rings is 1. The van der Waals surface area contributed by atoms with Gasteiger partial charge in [-0.1, -0.05) is 30.7 Å². The van der Waals surface area contributed by atoms with Gasteiger partial charge in [-0.3, -0.25) is 14.5 Å². The molecule has 1 saturated heterocycles. The minimum atomic E-state index is -0.345. The van der Waals surface area contributed by atoms with E-state index in [0.717, 1.165) is 51.7 Å². The second-order valence-electron chi connectivity index (χ2n) is 6.81. The van der Waals surface area contributed by atoms with Crippen molar-refractivity contribution in [1.29, 1.82) is 0 Å². The molecule has 130 valence electrons. The lowest BCUT2D eigenvalue weighted by Gasteiger charge is -2.28. The molecule has 0 saturated carbocycles. The van der Waals surface area contributed by atoms with Gasteiger partial charge in [-0.05, 0) is 36.8 Å². The van der Waals surface area contributed by atoms with E-state index in [2.05, 4.69) is 39.8 Å². The molecule has 2 heterocycles. The van der Waals surface area contributed by atoms with Crippen LogP contribution in [0.4, 0.5) is 0 Å². The van der Waals surface area contributed by atoms with Gasteiger partial charge in [0.15, 0.2) is 0 Å². The Labute approximate surface area is 143 Å². The van der Waals surface area contributed by atoms with Crippen molar-refractivity contribution in [3.63, 3.8) is 0 Å². The molecule has 5 nitrogen and oxygen atoms in total. The van der Waals surface area contributed by atoms with Crippen molar-refractivity contribution >= 4 is 11.8 Å². The molecule has 0 aliphatic carbocycles. The largest absolute Gasteiger partial charge is 0.354 e. The van der Waals surface area contributed by atoms with Crippen LogP contribution in [0.3, 0.4) is 0 Å². The van der Waals surface area contributed by atoms with Gasteiger partial charge >= 0.3 is 0 Å². The van der Waals surface area contributed by atoms with E-state index in [-0.39, 0.29) is 17.9 Å². The minimum absolute atomic E-state index is 0.000341. The Morgan fingerprint density at radius 3 is 2.92 bits per heavy atom. The van der Waals surface area contributed by atoms with Gasteiger partial charge in [-0.25, -0.2) is 0 Å². The molecular weight excluding hydrogens is 302 g/mol. The highest BCUT2D eigenvalue weighted by Gasteiger charge is 2.22. The van der Waals surface area contributed by atoms with Crippen molar-refractivity contribution in [2.75, 3.05) is 19.6 Å². The number of hydrogen-bond acceptors (Lipinski definition) is 3. The smallest absolute Gasteiger partial charge is 0.242 e. The molecule has 0 radical (unpaired) electrons. The number of hydrogen-bond donors (Lipinski definition) is 2. The zero-order chi connectivity index (χ0) is 16.8. The van der Waals surface area contributed by atoms with E-state index in [0.29, 0.717) is 13.0 Å². The fourth-order valence-corrected chi connectivity index (χ4v) is 3.55. The van der Waals surface area contributed by atoms with Crippen molar-refractivity contribution in [3.05, 3.63) is 35.4 Å². The summed E-state index contributed by atoms with van der Waals surface area (Å²) in [6, 6.07) is 8.29. The standard InChI is InChI=1S/C19H27N3O2/c23-18-9-4-3-8-17(21-18)19(24)20-11-5-12-22-13-10-15-6-1-2-7-16(15)14-22/h1-2,6-7,17H,3-5,8-14H2,(H,20,24)(H,21,23). The highest BCUT2D eigenvalue weighted by molar-refractivity contribution is 5.87. The molecule has 2 N–H and O–H groups in total. The maximum Gasteiger partial charge on any atom is 0.242 e. The fourth-order valence-electron chi connectivity index (χ4n) is 3.55. The first-order valence-corrected chi connectivity index (χ1v) is 9.08. The first kappa shape index (κ1) is 17.0. The van der Waals surface area contributed by atoms with Crippen molar-refractivity contribution < 1.29 is 9.59 Å². The molecule has 2 aliphatic rings. The monoisotopic (exact) mass is 329 g/mol. The summed E-state index contributed by atoms with van der Waals surface area (Å²) in [6.07, 6.45) is 5.15. The molecule has 1 aromatic carbocycles. The van der Waals surface area contributed by atoms with E-state index >= 15 is 0 Å². The van der Waals surface area contributed by atoms with E-state index in [1.165, 1.54) is 11.1 Å². The van der Waals surface area contributed by atoms with E-state index in [1.54, 1.807) is 0 Å². The first-order valence-electron chi connectivity index (χ1n) is 9.08. The Morgan fingerprint density at radius 1 is 1.21 bits per heavy atom. The van der Waals surface area contributed by atoms with Crippen molar-refractivity contribution in [2.45, 2.75) is 51.1 Å². The molecule has 1 unspecified atom stereocenters. The predicted octanol–water partition coefficient (Wildman–Crippen LogP) is 1.61. The van der Waals surface area contributed by atoms with Gasteiger partial charge in [0.1, 0.15) is 6.04 Å². The molecule has 0 bridgehead atoms. The maximum atomic E-state index is 12.2. The number of carbonyl (C=O) groups excluding carboxylic acids is 2. The zero-order valence-corrected chi connectivity index (χ0v) is 14.2. The van der Waals surface area contributed by atoms with Crippen LogP contribution < -0.4 is 10.6 Å². The van der Waals surface area contributed by atoms with Crippen LogP contribution in [0, 0.1) is 0 Å². The quantitative estimate of drug-likeness (QED) is 0.807. The van der Waals surface area contributed by atoms with Crippen molar-refractivity contribution in [3.8, 4) is 0 Å². The summed E-state index contributed by atoms with van der Waals surface area (Å²) in [5.41, 5.74) is 2.89. The van der Waals surface area contributed by atoms with Crippen LogP contribution in [0.15, 0.2) is 24.3 Å². The number of amides is 2. The Hall–Kier alpha value is -1.88. The topological polar surface area (TPSA) is 61.4 Å². The third-order valence-corrected chi connectivity index (χ3v) is 4.96. The van der Waals surface area contributed by atoms with Crippen LogP contribution in [-0.4, -0.2) is 42.4 Å². The van der Waals surface area contributed by atoms with Crippen LogP contribution in [0.5, 0.6) is 0 Å². The summed E-state index contributed by atoms with van der Waals surface area (Å²) in [4.78, 5) is 26.2. The van der Waals surface area contributed by atoms with E-state index in [4.69, 9.17) is 0 Å². The molecule has 5 heteroatoms. The van der Waals surface area contributed by atoms with Gasteiger partial charge in [0, 0.05) is 32.6 Å². The van der Waals surface area contributed by atoms with Crippen LogP contribution in [0.2, 0.25) is 0 Å². The van der Waals surface area contributed by atoms with Crippen molar-refractivity contribution in [1.82, 2.24) is 15.5 Å². The zero-order valence-electron chi connectivity index (χ0n) is 14.2. The molecule has 2 aliphatic heterocycles. The summed E-state index contributed by atoms with van der Waals surface area (Å²) in [5, 5.41) is 5.80.